The molecule has 0 aromatic carbocycles. The van der Waals surface area contributed by atoms with Crippen molar-refractivity contribution in [2.45, 2.75) is 34.6 Å². The van der Waals surface area contributed by atoms with E-state index >= 15 is 0 Å². The van der Waals surface area contributed by atoms with Crippen LogP contribution in [-0.2, 0) is 24.0 Å². The number of carbonyl (C=O) groups is 5. The Kier molecular flexibility index (Phi) is 130. The number of rotatable bonds is 0. The van der Waals surface area contributed by atoms with Gasteiger partial charge in [-0.05, 0) is 0 Å². The summed E-state index contributed by atoms with van der Waals surface area (Å²) in [7, 11) is 0. The van der Waals surface area contributed by atoms with E-state index in [1.165, 1.54) is 0 Å². The molecule has 0 aliphatic rings. The van der Waals surface area contributed by atoms with E-state index in [1.54, 1.807) is 0 Å². The number of carboxylic acids is 5. The first-order valence-electron chi connectivity index (χ1n) is 5.14. The van der Waals surface area contributed by atoms with E-state index in [1.807, 2.05) is 0 Å². The minimum Gasteiger partial charge on any atom is -1.00 e. The molecule has 0 heterocycles. The Labute approximate surface area is 170 Å². The molecule has 0 saturated carbocycles. The molecule has 0 rings (SSSR count). The monoisotopic (exact) mass is 386 g/mol. The summed E-state index contributed by atoms with van der Waals surface area (Å²) in [5.74, 6) is -4.17. The zero-order valence-corrected chi connectivity index (χ0v) is 17.6. The van der Waals surface area contributed by atoms with E-state index in [-0.39, 0.29) is 43.3 Å². The zero-order valence-electron chi connectivity index (χ0n) is 16.6. The minimum absolute atomic E-state index is 0. The molecular formula is C12H31N2NaO10. The summed E-state index contributed by atoms with van der Waals surface area (Å²) in [4.78, 5) is 45.0. The maximum Gasteiger partial charge on any atom is 1.00 e. The van der Waals surface area contributed by atoms with Crippen molar-refractivity contribution in [2.75, 3.05) is 0 Å². The third-order valence-electron chi connectivity index (χ3n) is 0. The summed E-state index contributed by atoms with van der Waals surface area (Å²) in [5.41, 5.74) is 0. The number of carboxylic acid groups (broad SMARTS) is 5. The van der Waals surface area contributed by atoms with Crippen LogP contribution in [0, 0.1) is 0 Å². The third kappa shape index (κ3) is 2230. The molecule has 0 radical (unpaired) electrons. The van der Waals surface area contributed by atoms with Gasteiger partial charge in [-0.15, -0.1) is 13.2 Å². The van der Waals surface area contributed by atoms with Crippen molar-refractivity contribution in [1.82, 2.24) is 12.3 Å². The van der Waals surface area contributed by atoms with E-state index < -0.39 is 29.8 Å². The van der Waals surface area contributed by atoms with Gasteiger partial charge in [0.25, 0.3) is 29.8 Å². The van der Waals surface area contributed by atoms with Crippen LogP contribution in [0.15, 0.2) is 13.2 Å². The van der Waals surface area contributed by atoms with Crippen molar-refractivity contribution < 1.29 is 80.5 Å². The van der Waals surface area contributed by atoms with Gasteiger partial charge in [0.05, 0.1) is 0 Å². The molecule has 0 aromatic rings. The number of hydrogen-bond acceptors (Lipinski definition) is 7. The molecular weight excluding hydrogens is 355 g/mol. The van der Waals surface area contributed by atoms with Crippen LogP contribution in [-0.4, -0.2) is 55.4 Å². The van der Waals surface area contributed by atoms with Gasteiger partial charge in [-0.1, -0.05) is 0 Å². The van der Waals surface area contributed by atoms with E-state index in [9.17, 15) is 0 Å². The Morgan fingerprint density at radius 1 is 0.520 bits per heavy atom. The topological polar surface area (TPSA) is 256 Å². The average molecular weight is 386 g/mol. The van der Waals surface area contributed by atoms with Gasteiger partial charge in [0.15, 0.2) is 0 Å². The Balaban J connectivity index is -0.0000000145. The predicted molar refractivity (Wildman–Crippen MR) is 89.0 cm³/mol. The molecule has 0 aliphatic carbocycles. The van der Waals surface area contributed by atoms with Gasteiger partial charge in [-0.3, -0.25) is 24.0 Å². The third-order valence-corrected chi connectivity index (χ3v) is 0. The van der Waals surface area contributed by atoms with Gasteiger partial charge in [-0.2, -0.15) is 0 Å². The SMILES string of the molecule is C=C.CC(=O)O.CC(=O)O.CC(=O)O.CC(=O)O.CC(=O)O.N.N.[H-].[Na+]. The molecule has 0 aliphatic heterocycles. The quantitative estimate of drug-likeness (QED) is 0.189. The summed E-state index contributed by atoms with van der Waals surface area (Å²) in [6.07, 6.45) is 0. The summed E-state index contributed by atoms with van der Waals surface area (Å²) in [6, 6.07) is 0. The smallest absolute Gasteiger partial charge is 1.00 e. The second-order valence-electron chi connectivity index (χ2n) is 2.60. The number of aliphatic carboxylic acids is 5. The molecule has 11 N–H and O–H groups in total. The van der Waals surface area contributed by atoms with Crippen LogP contribution in [0.4, 0.5) is 0 Å². The standard InChI is InChI=1S/5C2H4O2.C2H4.2H3N.Na.H/c5*1-2(3)4;1-2;;;;/h5*1H3,(H,3,4);1-2H2;2*1H3;;/q;;;;;;;;+1;-1. The average Bonchev–Trinajstić information content (AvgIpc) is 2.14. The van der Waals surface area contributed by atoms with E-state index in [4.69, 9.17) is 49.5 Å². The first-order valence-corrected chi connectivity index (χ1v) is 5.14. The molecule has 0 saturated heterocycles. The van der Waals surface area contributed by atoms with Gasteiger partial charge in [0.1, 0.15) is 0 Å². The van der Waals surface area contributed by atoms with Gasteiger partial charge in [-0.25, -0.2) is 0 Å². The Hall–Kier alpha value is -1.99. The minimum atomic E-state index is -0.833. The fraction of sp³-hybridized carbons (Fsp3) is 0.417. The van der Waals surface area contributed by atoms with Gasteiger partial charge >= 0.3 is 29.6 Å². The van der Waals surface area contributed by atoms with Crippen LogP contribution in [0.1, 0.15) is 36.0 Å². The molecule has 0 fully saturated rings. The van der Waals surface area contributed by atoms with Crippen LogP contribution >= 0.6 is 0 Å². The van der Waals surface area contributed by atoms with Gasteiger partial charge in [0.2, 0.25) is 0 Å². The predicted octanol–water partition coefficient (Wildman–Crippen LogP) is -1.30. The van der Waals surface area contributed by atoms with Crippen LogP contribution in [0.5, 0.6) is 0 Å². The Morgan fingerprint density at radius 2 is 0.520 bits per heavy atom. The molecule has 0 amide bonds. The fourth-order valence-corrected chi connectivity index (χ4v) is 0. The maximum atomic E-state index is 9.00. The van der Waals surface area contributed by atoms with Crippen LogP contribution in [0.25, 0.3) is 0 Å². The van der Waals surface area contributed by atoms with Crippen LogP contribution < -0.4 is 41.9 Å². The second kappa shape index (κ2) is 57.4. The van der Waals surface area contributed by atoms with Crippen molar-refractivity contribution in [3.8, 4) is 0 Å². The summed E-state index contributed by atoms with van der Waals surface area (Å²) in [5, 5.41) is 37.1. The molecule has 150 valence electrons. The molecule has 0 atom stereocenters. The maximum absolute atomic E-state index is 9.00. The molecule has 0 spiro atoms. The molecule has 12 nitrogen and oxygen atoms in total. The van der Waals surface area contributed by atoms with Gasteiger partial charge in [0, 0.05) is 34.6 Å². The molecule has 13 heteroatoms. The van der Waals surface area contributed by atoms with Crippen LogP contribution in [0.2, 0.25) is 0 Å². The van der Waals surface area contributed by atoms with Gasteiger partial charge < -0.3 is 39.3 Å². The summed E-state index contributed by atoms with van der Waals surface area (Å²) >= 11 is 0. The molecule has 0 aromatic heterocycles. The fourth-order valence-electron chi connectivity index (χ4n) is 0. The zero-order chi connectivity index (χ0) is 19.9. The first-order chi connectivity index (χ1) is 9.66. The van der Waals surface area contributed by atoms with Crippen molar-refractivity contribution >= 4 is 29.8 Å². The van der Waals surface area contributed by atoms with E-state index in [2.05, 4.69) is 13.2 Å². The summed E-state index contributed by atoms with van der Waals surface area (Å²) in [6.45, 7) is 11.4. The van der Waals surface area contributed by atoms with Crippen LogP contribution in [0.3, 0.4) is 0 Å². The second-order valence-corrected chi connectivity index (χ2v) is 2.60. The first kappa shape index (κ1) is 56.8. The molecule has 0 bridgehead atoms. The normalized spacial score (nSPS) is 5.16. The Morgan fingerprint density at radius 3 is 0.520 bits per heavy atom. The van der Waals surface area contributed by atoms with Crippen molar-refractivity contribution in [3.05, 3.63) is 13.2 Å². The van der Waals surface area contributed by atoms with E-state index in [0.717, 1.165) is 34.6 Å². The molecule has 0 unspecified atom stereocenters. The number of hydrogen-bond donors (Lipinski definition) is 7. The summed E-state index contributed by atoms with van der Waals surface area (Å²) < 4.78 is 0. The van der Waals surface area contributed by atoms with Crippen molar-refractivity contribution in [1.29, 1.82) is 0 Å². The van der Waals surface area contributed by atoms with Crippen molar-refractivity contribution in [2.24, 2.45) is 0 Å². The van der Waals surface area contributed by atoms with E-state index in [0.29, 0.717) is 0 Å². The largest absolute Gasteiger partial charge is 1.00 e. The Bertz CT molecular complexity index is 241. The van der Waals surface area contributed by atoms with Crippen molar-refractivity contribution in [3.63, 3.8) is 0 Å². The molecule has 25 heavy (non-hydrogen) atoms.